The van der Waals surface area contributed by atoms with Crippen molar-refractivity contribution in [3.05, 3.63) is 71.8 Å². The van der Waals surface area contributed by atoms with Crippen molar-refractivity contribution >= 4 is 16.1 Å². The van der Waals surface area contributed by atoms with Crippen molar-refractivity contribution in [1.29, 1.82) is 0 Å². The van der Waals surface area contributed by atoms with Crippen LogP contribution in [0.4, 0.5) is 0 Å². The van der Waals surface area contributed by atoms with Gasteiger partial charge in [-0.15, -0.1) is 0 Å². The van der Waals surface area contributed by atoms with Crippen molar-refractivity contribution in [2.75, 3.05) is 13.2 Å². The topological polar surface area (TPSA) is 78.4 Å². The fraction of sp³-hybridized carbons (Fsp3) is 0.300. The molecular weight excluding hydrogens is 348 g/mol. The number of allylic oxidation sites excluding steroid dienone is 1. The highest BCUT2D eigenvalue weighted by Crippen LogP contribution is 2.32. The highest BCUT2D eigenvalue weighted by atomic mass is 32.2. The van der Waals surface area contributed by atoms with E-state index in [1.54, 1.807) is 30.3 Å². The summed E-state index contributed by atoms with van der Waals surface area (Å²) < 4.78 is 27.5. The molecule has 1 saturated heterocycles. The van der Waals surface area contributed by atoms with Crippen LogP contribution in [0.5, 0.6) is 0 Å². The first-order chi connectivity index (χ1) is 12.5. The van der Waals surface area contributed by atoms with Crippen LogP contribution < -0.4 is 10.0 Å². The minimum atomic E-state index is -3.54. The average molecular weight is 372 g/mol. The van der Waals surface area contributed by atoms with Crippen LogP contribution in [-0.4, -0.2) is 38.8 Å². The van der Waals surface area contributed by atoms with E-state index in [9.17, 15) is 13.5 Å². The number of hydrogen-bond donors (Lipinski definition) is 3. The molecule has 1 fully saturated rings. The Kier molecular flexibility index (Phi) is 5.88. The van der Waals surface area contributed by atoms with E-state index in [4.69, 9.17) is 0 Å². The van der Waals surface area contributed by atoms with E-state index in [1.807, 2.05) is 43.3 Å². The molecule has 3 rings (SSSR count). The quantitative estimate of drug-likeness (QED) is 0.696. The second kappa shape index (κ2) is 8.14. The van der Waals surface area contributed by atoms with Gasteiger partial charge in [-0.2, -0.15) is 0 Å². The Labute approximate surface area is 154 Å². The van der Waals surface area contributed by atoms with E-state index in [0.29, 0.717) is 0 Å². The highest BCUT2D eigenvalue weighted by molar-refractivity contribution is 7.89. The Morgan fingerprint density at radius 1 is 1.08 bits per heavy atom. The van der Waals surface area contributed by atoms with Gasteiger partial charge in [-0.05, 0) is 30.2 Å². The summed E-state index contributed by atoms with van der Waals surface area (Å²) in [5.41, 5.74) is 2.21. The van der Waals surface area contributed by atoms with Gasteiger partial charge in [0.05, 0.1) is 11.5 Å². The molecule has 2 aromatic carbocycles. The molecule has 2 aromatic rings. The summed E-state index contributed by atoms with van der Waals surface area (Å²) in [6, 6.07) is 16.4. The van der Waals surface area contributed by atoms with Crippen LogP contribution in [0.25, 0.3) is 6.08 Å². The lowest BCUT2D eigenvalue weighted by molar-refractivity contribution is 0.129. The molecule has 0 aliphatic carbocycles. The van der Waals surface area contributed by atoms with Gasteiger partial charge in [0.25, 0.3) is 0 Å². The smallest absolute Gasteiger partial charge is 0.240 e. The molecule has 3 N–H and O–H groups in total. The molecule has 5 nitrogen and oxygen atoms in total. The predicted molar refractivity (Wildman–Crippen MR) is 103 cm³/mol. The molecule has 1 aliphatic heterocycles. The molecule has 1 heterocycles. The summed E-state index contributed by atoms with van der Waals surface area (Å²) in [5, 5.41) is 12.8. The van der Waals surface area contributed by atoms with Crippen LogP contribution in [0.3, 0.4) is 0 Å². The van der Waals surface area contributed by atoms with Crippen molar-refractivity contribution in [2.45, 2.75) is 29.8 Å². The van der Waals surface area contributed by atoms with Crippen LogP contribution in [0.1, 0.15) is 24.0 Å². The van der Waals surface area contributed by atoms with Crippen LogP contribution in [-0.2, 0) is 10.0 Å². The molecule has 0 unspecified atom stereocenters. The summed E-state index contributed by atoms with van der Waals surface area (Å²) in [5.74, 6) is 0.0677. The van der Waals surface area contributed by atoms with Gasteiger partial charge in [0.2, 0.25) is 10.0 Å². The molecule has 1 aliphatic rings. The molecule has 0 aromatic heterocycles. The first-order valence-corrected chi connectivity index (χ1v) is 10.2. The minimum absolute atomic E-state index is 0.0171. The van der Waals surface area contributed by atoms with E-state index >= 15 is 0 Å². The molecule has 26 heavy (non-hydrogen) atoms. The van der Waals surface area contributed by atoms with Crippen molar-refractivity contribution in [3.8, 4) is 0 Å². The number of rotatable bonds is 7. The predicted octanol–water partition coefficient (Wildman–Crippen LogP) is 2.11. The zero-order valence-corrected chi connectivity index (χ0v) is 15.5. The maximum absolute atomic E-state index is 12.4. The second-order valence-electron chi connectivity index (χ2n) is 6.42. The summed E-state index contributed by atoms with van der Waals surface area (Å²) in [6.07, 6.45) is 4.01. The van der Waals surface area contributed by atoms with Gasteiger partial charge >= 0.3 is 0 Å². The lowest BCUT2D eigenvalue weighted by Crippen LogP contribution is -2.64. The first-order valence-electron chi connectivity index (χ1n) is 8.69. The molecule has 0 saturated carbocycles. The van der Waals surface area contributed by atoms with Gasteiger partial charge in [-0.1, -0.05) is 54.6 Å². The van der Waals surface area contributed by atoms with E-state index in [0.717, 1.165) is 11.1 Å². The van der Waals surface area contributed by atoms with Crippen LogP contribution in [0.2, 0.25) is 0 Å². The maximum atomic E-state index is 12.4. The van der Waals surface area contributed by atoms with E-state index < -0.39 is 10.0 Å². The highest BCUT2D eigenvalue weighted by Gasteiger charge is 2.41. The molecule has 138 valence electrons. The number of hydrogen-bond acceptors (Lipinski definition) is 4. The lowest BCUT2D eigenvalue weighted by Gasteiger charge is -2.46. The summed E-state index contributed by atoms with van der Waals surface area (Å²) in [7, 11) is -3.54. The number of benzene rings is 2. The van der Waals surface area contributed by atoms with Gasteiger partial charge < -0.3 is 10.4 Å². The summed E-state index contributed by atoms with van der Waals surface area (Å²) in [4.78, 5) is 0.255. The molecule has 0 amide bonds. The molecular formula is C20H24N2O3S. The fourth-order valence-electron chi connectivity index (χ4n) is 3.37. The zero-order chi connectivity index (χ0) is 18.6. The third kappa shape index (κ3) is 4.04. The Bertz CT molecular complexity index is 848. The van der Waals surface area contributed by atoms with Gasteiger partial charge in [0.15, 0.2) is 0 Å². The number of sulfonamides is 1. The third-order valence-corrected chi connectivity index (χ3v) is 6.16. The van der Waals surface area contributed by atoms with Crippen LogP contribution >= 0.6 is 0 Å². The fourth-order valence-corrected chi connectivity index (χ4v) is 4.45. The number of aliphatic hydroxyl groups is 1. The SMILES string of the molecule is C/C=C/c1ccc([C@@H]2[C@H](CO)N[C@H]2CNS(=O)(=O)c2ccccc2)cc1. The first kappa shape index (κ1) is 18.8. The Morgan fingerprint density at radius 3 is 2.38 bits per heavy atom. The van der Waals surface area contributed by atoms with Crippen molar-refractivity contribution < 1.29 is 13.5 Å². The standard InChI is InChI=1S/C20H24N2O3S/c1-2-6-15-9-11-16(12-10-15)20-18(22-19(20)14-23)13-21-26(24,25)17-7-4-3-5-8-17/h2-12,18-23H,13-14H2,1H3/b6-2+/t18-,19-,20-/m0/s1. The summed E-state index contributed by atoms with van der Waals surface area (Å²) >= 11 is 0. The van der Waals surface area contributed by atoms with Crippen molar-refractivity contribution in [2.24, 2.45) is 0 Å². The number of nitrogens with one attached hydrogen (secondary N) is 2. The van der Waals surface area contributed by atoms with E-state index in [-0.39, 0.29) is 36.0 Å². The van der Waals surface area contributed by atoms with E-state index in [2.05, 4.69) is 10.0 Å². The molecule has 0 bridgehead atoms. The average Bonchev–Trinajstić information content (AvgIpc) is 2.63. The molecule has 0 spiro atoms. The Balaban J connectivity index is 1.70. The zero-order valence-electron chi connectivity index (χ0n) is 14.7. The third-order valence-electron chi connectivity index (χ3n) is 4.72. The molecule has 3 atom stereocenters. The normalized spacial score (nSPS) is 23.1. The van der Waals surface area contributed by atoms with Crippen LogP contribution in [0.15, 0.2) is 65.6 Å². The maximum Gasteiger partial charge on any atom is 0.240 e. The molecule has 6 heteroatoms. The monoisotopic (exact) mass is 372 g/mol. The van der Waals surface area contributed by atoms with Crippen molar-refractivity contribution in [1.82, 2.24) is 10.0 Å². The van der Waals surface area contributed by atoms with Crippen LogP contribution in [0, 0.1) is 0 Å². The van der Waals surface area contributed by atoms with Crippen molar-refractivity contribution in [3.63, 3.8) is 0 Å². The minimum Gasteiger partial charge on any atom is -0.395 e. The number of aliphatic hydroxyl groups excluding tert-OH is 1. The van der Waals surface area contributed by atoms with Gasteiger partial charge in [0, 0.05) is 24.5 Å². The summed E-state index contributed by atoms with van der Waals surface area (Å²) in [6.45, 7) is 2.26. The van der Waals surface area contributed by atoms with Gasteiger partial charge in [-0.3, -0.25) is 0 Å². The van der Waals surface area contributed by atoms with E-state index in [1.165, 1.54) is 0 Å². The molecule has 0 radical (unpaired) electrons. The lowest BCUT2D eigenvalue weighted by atomic mass is 9.77. The Morgan fingerprint density at radius 2 is 1.77 bits per heavy atom. The second-order valence-corrected chi connectivity index (χ2v) is 8.19. The largest absolute Gasteiger partial charge is 0.395 e. The van der Waals surface area contributed by atoms with Gasteiger partial charge in [-0.25, -0.2) is 13.1 Å². The Hall–Kier alpha value is -1.99. The van der Waals surface area contributed by atoms with Gasteiger partial charge in [0.1, 0.15) is 0 Å².